The molecule has 1 aliphatic heterocycles. The lowest BCUT2D eigenvalue weighted by atomic mass is 10.1. The van der Waals surface area contributed by atoms with Crippen molar-refractivity contribution in [1.29, 1.82) is 0 Å². The second-order valence-corrected chi connectivity index (χ2v) is 5.63. The van der Waals surface area contributed by atoms with Gasteiger partial charge in [-0.25, -0.2) is 0 Å². The lowest BCUT2D eigenvalue weighted by Crippen LogP contribution is -2.43. The van der Waals surface area contributed by atoms with Crippen LogP contribution in [0.5, 0.6) is 0 Å². The summed E-state index contributed by atoms with van der Waals surface area (Å²) in [4.78, 5) is 4.70. The largest absolute Gasteiger partial charge is 0.469 e. The number of ether oxygens (including phenoxy) is 1. The summed E-state index contributed by atoms with van der Waals surface area (Å²) in [7, 11) is 0. The summed E-state index contributed by atoms with van der Waals surface area (Å²) in [5.41, 5.74) is 0. The number of hydrogen-bond acceptors (Lipinski definition) is 3. The molecule has 2 N–H and O–H groups in total. The number of guanidine groups is 1. The Morgan fingerprint density at radius 2 is 2.43 bits per heavy atom. The van der Waals surface area contributed by atoms with Gasteiger partial charge >= 0.3 is 0 Å². The van der Waals surface area contributed by atoms with Crippen molar-refractivity contribution in [3.63, 3.8) is 0 Å². The maximum atomic E-state index is 5.40. The summed E-state index contributed by atoms with van der Waals surface area (Å²) < 4.78 is 10.7. The fraction of sp³-hybridized carbons (Fsp3) is 0.688. The van der Waals surface area contributed by atoms with Crippen LogP contribution in [0, 0.1) is 5.92 Å². The molecule has 0 bridgehead atoms. The predicted molar refractivity (Wildman–Crippen MR) is 84.5 cm³/mol. The van der Waals surface area contributed by atoms with E-state index in [9.17, 15) is 0 Å². The van der Waals surface area contributed by atoms with Gasteiger partial charge in [-0.15, -0.1) is 0 Å². The van der Waals surface area contributed by atoms with E-state index in [1.807, 2.05) is 12.1 Å². The first kappa shape index (κ1) is 15.9. The van der Waals surface area contributed by atoms with Crippen molar-refractivity contribution in [1.82, 2.24) is 10.6 Å². The van der Waals surface area contributed by atoms with Gasteiger partial charge in [-0.2, -0.15) is 0 Å². The van der Waals surface area contributed by atoms with Gasteiger partial charge in [-0.05, 0) is 31.9 Å². The van der Waals surface area contributed by atoms with Crippen molar-refractivity contribution >= 4 is 5.96 Å². The molecule has 0 spiro atoms. The van der Waals surface area contributed by atoms with E-state index >= 15 is 0 Å². The maximum Gasteiger partial charge on any atom is 0.191 e. The van der Waals surface area contributed by atoms with Crippen molar-refractivity contribution in [2.45, 2.75) is 39.2 Å². The van der Waals surface area contributed by atoms with E-state index in [0.717, 1.165) is 57.3 Å². The van der Waals surface area contributed by atoms with Gasteiger partial charge in [0.2, 0.25) is 0 Å². The van der Waals surface area contributed by atoms with Crippen LogP contribution in [0.4, 0.5) is 0 Å². The molecule has 5 nitrogen and oxygen atoms in total. The van der Waals surface area contributed by atoms with Crippen LogP contribution in [0.2, 0.25) is 0 Å². The third kappa shape index (κ3) is 5.79. The standard InChI is InChI=1S/C16H27N3O2/c1-3-13(2)19-16(18-11-14-7-10-20-12-14)17-8-6-15-5-4-9-21-15/h4-5,9,13-14H,3,6-8,10-12H2,1-2H3,(H2,17,18,19). The lowest BCUT2D eigenvalue weighted by molar-refractivity contribution is 0.187. The van der Waals surface area contributed by atoms with Crippen molar-refractivity contribution in [2.75, 3.05) is 26.3 Å². The van der Waals surface area contributed by atoms with E-state index < -0.39 is 0 Å². The predicted octanol–water partition coefficient (Wildman–Crippen LogP) is 2.19. The average molecular weight is 293 g/mol. The van der Waals surface area contributed by atoms with E-state index in [0.29, 0.717) is 12.0 Å². The Labute approximate surface area is 127 Å². The third-order valence-corrected chi connectivity index (χ3v) is 3.77. The van der Waals surface area contributed by atoms with Gasteiger partial charge in [0.25, 0.3) is 0 Å². The number of nitrogens with zero attached hydrogens (tertiary/aromatic N) is 1. The van der Waals surface area contributed by atoms with Gasteiger partial charge in [0, 0.05) is 38.1 Å². The Morgan fingerprint density at radius 3 is 3.10 bits per heavy atom. The minimum Gasteiger partial charge on any atom is -0.469 e. The normalized spacial score (nSPS) is 20.5. The summed E-state index contributed by atoms with van der Waals surface area (Å²) in [6.45, 7) is 7.70. The van der Waals surface area contributed by atoms with Crippen LogP contribution < -0.4 is 10.6 Å². The van der Waals surface area contributed by atoms with Gasteiger partial charge in [0.1, 0.15) is 5.76 Å². The third-order valence-electron chi connectivity index (χ3n) is 3.77. The smallest absolute Gasteiger partial charge is 0.191 e. The van der Waals surface area contributed by atoms with Crippen LogP contribution in [0.3, 0.4) is 0 Å². The average Bonchev–Trinajstić information content (AvgIpc) is 3.17. The molecule has 0 amide bonds. The van der Waals surface area contributed by atoms with Crippen LogP contribution in [-0.2, 0) is 11.2 Å². The Morgan fingerprint density at radius 1 is 1.52 bits per heavy atom. The van der Waals surface area contributed by atoms with Gasteiger partial charge in [-0.1, -0.05) is 6.92 Å². The highest BCUT2D eigenvalue weighted by Gasteiger charge is 2.15. The first-order valence-electron chi connectivity index (χ1n) is 7.93. The molecular formula is C16H27N3O2. The number of aliphatic imine (C=N–C) groups is 1. The molecule has 0 aliphatic carbocycles. The van der Waals surface area contributed by atoms with Gasteiger partial charge in [0.15, 0.2) is 5.96 Å². The highest BCUT2D eigenvalue weighted by Crippen LogP contribution is 2.12. The molecule has 2 rings (SSSR count). The summed E-state index contributed by atoms with van der Waals surface area (Å²) in [5, 5.41) is 6.82. The first-order chi connectivity index (χ1) is 10.3. The zero-order chi connectivity index (χ0) is 14.9. The molecule has 2 unspecified atom stereocenters. The highest BCUT2D eigenvalue weighted by molar-refractivity contribution is 5.80. The fourth-order valence-electron chi connectivity index (χ4n) is 2.19. The van der Waals surface area contributed by atoms with Crippen molar-refractivity contribution < 1.29 is 9.15 Å². The number of furan rings is 1. The summed E-state index contributed by atoms with van der Waals surface area (Å²) in [6.07, 6.45) is 4.76. The molecule has 1 aliphatic rings. The molecule has 21 heavy (non-hydrogen) atoms. The lowest BCUT2D eigenvalue weighted by Gasteiger charge is -2.17. The van der Waals surface area contributed by atoms with Crippen LogP contribution in [0.1, 0.15) is 32.4 Å². The minimum atomic E-state index is 0.416. The molecule has 2 atom stereocenters. The van der Waals surface area contributed by atoms with Crippen molar-refractivity contribution in [3.8, 4) is 0 Å². The SMILES string of the molecule is CCC(C)NC(=NCC1CCOC1)NCCc1ccco1. The highest BCUT2D eigenvalue weighted by atomic mass is 16.5. The second-order valence-electron chi connectivity index (χ2n) is 5.63. The zero-order valence-corrected chi connectivity index (χ0v) is 13.1. The molecule has 1 aromatic rings. The summed E-state index contributed by atoms with van der Waals surface area (Å²) >= 11 is 0. The van der Waals surface area contributed by atoms with E-state index in [1.165, 1.54) is 0 Å². The summed E-state index contributed by atoms with van der Waals surface area (Å²) in [5.74, 6) is 2.45. The Hall–Kier alpha value is -1.49. The van der Waals surface area contributed by atoms with Gasteiger partial charge in [0.05, 0.1) is 12.9 Å². The monoisotopic (exact) mass is 293 g/mol. The topological polar surface area (TPSA) is 58.8 Å². The van der Waals surface area contributed by atoms with Gasteiger partial charge in [-0.3, -0.25) is 4.99 Å². The Kier molecular flexibility index (Phi) is 6.60. The van der Waals surface area contributed by atoms with Crippen LogP contribution >= 0.6 is 0 Å². The molecule has 0 radical (unpaired) electrons. The van der Waals surface area contributed by atoms with E-state index in [1.54, 1.807) is 6.26 Å². The van der Waals surface area contributed by atoms with Crippen LogP contribution in [0.25, 0.3) is 0 Å². The van der Waals surface area contributed by atoms with Crippen molar-refractivity contribution in [3.05, 3.63) is 24.2 Å². The van der Waals surface area contributed by atoms with Crippen LogP contribution in [-0.4, -0.2) is 38.3 Å². The number of nitrogens with one attached hydrogen (secondary N) is 2. The number of rotatable bonds is 7. The van der Waals surface area contributed by atoms with Crippen LogP contribution in [0.15, 0.2) is 27.8 Å². The van der Waals surface area contributed by atoms with E-state index in [-0.39, 0.29) is 0 Å². The quantitative estimate of drug-likeness (QED) is 0.598. The molecule has 0 saturated carbocycles. The minimum absolute atomic E-state index is 0.416. The Bertz CT molecular complexity index is 411. The van der Waals surface area contributed by atoms with E-state index in [4.69, 9.17) is 14.1 Å². The van der Waals surface area contributed by atoms with Gasteiger partial charge < -0.3 is 19.8 Å². The first-order valence-corrected chi connectivity index (χ1v) is 7.93. The molecule has 1 saturated heterocycles. The fourth-order valence-corrected chi connectivity index (χ4v) is 2.19. The molecule has 1 aromatic heterocycles. The molecule has 118 valence electrons. The van der Waals surface area contributed by atoms with Crippen molar-refractivity contribution in [2.24, 2.45) is 10.9 Å². The maximum absolute atomic E-state index is 5.40. The van der Waals surface area contributed by atoms with E-state index in [2.05, 4.69) is 24.5 Å². The Balaban J connectivity index is 1.80. The molecule has 2 heterocycles. The molecule has 1 fully saturated rings. The molecular weight excluding hydrogens is 266 g/mol. The number of hydrogen-bond donors (Lipinski definition) is 2. The summed E-state index contributed by atoms with van der Waals surface area (Å²) in [6, 6.07) is 4.33. The second kappa shape index (κ2) is 8.72. The molecule has 5 heteroatoms. The molecule has 0 aromatic carbocycles. The zero-order valence-electron chi connectivity index (χ0n) is 13.1.